The van der Waals surface area contributed by atoms with Crippen LogP contribution >= 0.6 is 11.3 Å². The lowest BCUT2D eigenvalue weighted by Crippen LogP contribution is -2.42. The van der Waals surface area contributed by atoms with Crippen LogP contribution in [-0.4, -0.2) is 18.2 Å². The molecule has 1 heterocycles. The van der Waals surface area contributed by atoms with Gasteiger partial charge < -0.3 is 0 Å². The Labute approximate surface area is 99.0 Å². The molecule has 1 aromatic heterocycles. The summed E-state index contributed by atoms with van der Waals surface area (Å²) in [6, 6.07) is 3.39. The van der Waals surface area contributed by atoms with E-state index in [9.17, 15) is 9.59 Å². The summed E-state index contributed by atoms with van der Waals surface area (Å²) in [5.74, 6) is -0.532. The molecule has 1 aromatic rings. The summed E-state index contributed by atoms with van der Waals surface area (Å²) < 4.78 is 0. The van der Waals surface area contributed by atoms with Gasteiger partial charge in [0.2, 0.25) is 0 Å². The SMILES string of the molecule is CC(C)CCNNC(=O)C(=O)c1cccs1. The molecule has 0 spiro atoms. The highest BCUT2D eigenvalue weighted by Gasteiger charge is 2.16. The monoisotopic (exact) mass is 240 g/mol. The maximum Gasteiger partial charge on any atom is 0.307 e. The van der Waals surface area contributed by atoms with Gasteiger partial charge in [0.25, 0.3) is 5.78 Å². The average Bonchev–Trinajstić information content (AvgIpc) is 2.76. The van der Waals surface area contributed by atoms with Gasteiger partial charge in [-0.25, -0.2) is 5.43 Å². The van der Waals surface area contributed by atoms with E-state index in [-0.39, 0.29) is 0 Å². The van der Waals surface area contributed by atoms with E-state index in [1.807, 2.05) is 0 Å². The Bertz CT molecular complexity index is 347. The van der Waals surface area contributed by atoms with Gasteiger partial charge in [-0.3, -0.25) is 15.0 Å². The highest BCUT2D eigenvalue weighted by molar-refractivity contribution is 7.12. The van der Waals surface area contributed by atoms with Crippen LogP contribution < -0.4 is 10.9 Å². The van der Waals surface area contributed by atoms with E-state index in [1.165, 1.54) is 11.3 Å². The molecule has 2 N–H and O–H groups in total. The largest absolute Gasteiger partial charge is 0.307 e. The van der Waals surface area contributed by atoms with Crippen molar-refractivity contribution in [3.63, 3.8) is 0 Å². The quantitative estimate of drug-likeness (QED) is 0.344. The summed E-state index contributed by atoms with van der Waals surface area (Å²) in [4.78, 5) is 23.3. The minimum atomic E-state index is -0.605. The van der Waals surface area contributed by atoms with E-state index < -0.39 is 11.7 Å². The summed E-state index contributed by atoms with van der Waals surface area (Å²) in [6.07, 6.45) is 0.952. The number of hydrazine groups is 1. The fraction of sp³-hybridized carbons (Fsp3) is 0.455. The predicted octanol–water partition coefficient (Wildman–Crippen LogP) is 1.60. The van der Waals surface area contributed by atoms with Crippen molar-refractivity contribution >= 4 is 23.0 Å². The molecule has 0 aliphatic carbocycles. The highest BCUT2D eigenvalue weighted by atomic mass is 32.1. The zero-order valence-corrected chi connectivity index (χ0v) is 10.3. The van der Waals surface area contributed by atoms with Crippen LogP contribution in [-0.2, 0) is 4.79 Å². The molecule has 88 valence electrons. The highest BCUT2D eigenvalue weighted by Crippen LogP contribution is 2.08. The molecular weight excluding hydrogens is 224 g/mol. The van der Waals surface area contributed by atoms with Gasteiger partial charge in [0.1, 0.15) is 0 Å². The first-order chi connectivity index (χ1) is 7.61. The van der Waals surface area contributed by atoms with Crippen LogP contribution in [0.4, 0.5) is 0 Å². The van der Waals surface area contributed by atoms with Crippen molar-refractivity contribution in [2.75, 3.05) is 6.54 Å². The Morgan fingerprint density at radius 1 is 1.44 bits per heavy atom. The van der Waals surface area contributed by atoms with Gasteiger partial charge >= 0.3 is 5.91 Å². The third kappa shape index (κ3) is 4.12. The molecule has 1 rings (SSSR count). The van der Waals surface area contributed by atoms with Gasteiger partial charge in [0.15, 0.2) is 0 Å². The number of rotatable bonds is 6. The molecule has 1 amide bonds. The molecule has 16 heavy (non-hydrogen) atoms. The van der Waals surface area contributed by atoms with Gasteiger partial charge in [-0.05, 0) is 23.8 Å². The van der Waals surface area contributed by atoms with E-state index in [4.69, 9.17) is 0 Å². The summed E-state index contributed by atoms with van der Waals surface area (Å²) in [7, 11) is 0. The van der Waals surface area contributed by atoms with E-state index in [1.54, 1.807) is 17.5 Å². The van der Waals surface area contributed by atoms with Crippen LogP contribution in [0.25, 0.3) is 0 Å². The minimum absolute atomic E-state index is 0.461. The Balaban J connectivity index is 2.28. The summed E-state index contributed by atoms with van der Waals surface area (Å²) >= 11 is 1.27. The van der Waals surface area contributed by atoms with Gasteiger partial charge in [-0.2, -0.15) is 0 Å². The second kappa shape index (κ2) is 6.40. The third-order valence-corrected chi connectivity index (χ3v) is 2.87. The summed E-state index contributed by atoms with van der Waals surface area (Å²) in [5.41, 5.74) is 5.14. The van der Waals surface area contributed by atoms with Crippen molar-refractivity contribution in [2.45, 2.75) is 20.3 Å². The molecule has 0 saturated carbocycles. The number of carbonyl (C=O) groups is 2. The molecule has 0 radical (unpaired) electrons. The first kappa shape index (κ1) is 12.9. The molecule has 0 saturated heterocycles. The Morgan fingerprint density at radius 2 is 2.19 bits per heavy atom. The number of thiophene rings is 1. The van der Waals surface area contributed by atoms with Crippen LogP contribution in [0, 0.1) is 5.92 Å². The van der Waals surface area contributed by atoms with E-state index in [0.29, 0.717) is 17.3 Å². The molecule has 0 aliphatic rings. The van der Waals surface area contributed by atoms with Crippen LogP contribution in [0.5, 0.6) is 0 Å². The summed E-state index contributed by atoms with van der Waals surface area (Å²) in [6.45, 7) is 4.86. The maximum absolute atomic E-state index is 11.5. The van der Waals surface area contributed by atoms with Gasteiger partial charge in [-0.15, -0.1) is 11.3 Å². The van der Waals surface area contributed by atoms with Crippen molar-refractivity contribution in [2.24, 2.45) is 5.92 Å². The fourth-order valence-electron chi connectivity index (χ4n) is 1.08. The van der Waals surface area contributed by atoms with Crippen molar-refractivity contribution in [1.29, 1.82) is 0 Å². The first-order valence-corrected chi connectivity index (χ1v) is 6.10. The lowest BCUT2D eigenvalue weighted by molar-refractivity contribution is -0.117. The third-order valence-electron chi connectivity index (χ3n) is 2.00. The number of nitrogens with one attached hydrogen (secondary N) is 2. The van der Waals surface area contributed by atoms with Crippen molar-refractivity contribution in [3.8, 4) is 0 Å². The average molecular weight is 240 g/mol. The molecule has 0 atom stereocenters. The zero-order chi connectivity index (χ0) is 12.0. The number of hydrogen-bond acceptors (Lipinski definition) is 4. The molecule has 0 bridgehead atoms. The van der Waals surface area contributed by atoms with Gasteiger partial charge in [0, 0.05) is 6.54 Å². The van der Waals surface area contributed by atoms with Crippen molar-refractivity contribution < 1.29 is 9.59 Å². The van der Waals surface area contributed by atoms with E-state index >= 15 is 0 Å². The number of amides is 1. The number of hydrogen-bond donors (Lipinski definition) is 2. The molecule has 0 fully saturated rings. The topological polar surface area (TPSA) is 58.2 Å². The van der Waals surface area contributed by atoms with Crippen molar-refractivity contribution in [1.82, 2.24) is 10.9 Å². The van der Waals surface area contributed by atoms with E-state index in [2.05, 4.69) is 24.7 Å². The second-order valence-corrected chi connectivity index (χ2v) is 4.82. The first-order valence-electron chi connectivity index (χ1n) is 5.22. The summed E-state index contributed by atoms with van der Waals surface area (Å²) in [5, 5.41) is 1.77. The van der Waals surface area contributed by atoms with Crippen LogP contribution in [0.1, 0.15) is 29.9 Å². The van der Waals surface area contributed by atoms with Crippen LogP contribution in [0.3, 0.4) is 0 Å². The van der Waals surface area contributed by atoms with Crippen molar-refractivity contribution in [3.05, 3.63) is 22.4 Å². The van der Waals surface area contributed by atoms with Gasteiger partial charge in [0.05, 0.1) is 4.88 Å². The van der Waals surface area contributed by atoms with Crippen LogP contribution in [0.2, 0.25) is 0 Å². The minimum Gasteiger partial charge on any atom is -0.285 e. The molecule has 4 nitrogen and oxygen atoms in total. The molecule has 0 aromatic carbocycles. The maximum atomic E-state index is 11.5. The lowest BCUT2D eigenvalue weighted by atomic mass is 10.1. The molecular formula is C11H16N2O2S. The molecule has 0 unspecified atom stereocenters. The standard InChI is InChI=1S/C11H16N2O2S/c1-8(2)5-6-12-13-11(15)10(14)9-4-3-7-16-9/h3-4,7-8,12H,5-6H2,1-2H3,(H,13,15). The number of ketones is 1. The normalized spacial score (nSPS) is 10.4. The second-order valence-electron chi connectivity index (χ2n) is 3.87. The van der Waals surface area contributed by atoms with E-state index in [0.717, 1.165) is 6.42 Å². The molecule has 0 aliphatic heterocycles. The molecule has 5 heteroatoms. The number of Topliss-reactive ketones (excluding diaryl/α,β-unsaturated/α-hetero) is 1. The Hall–Kier alpha value is -1.20. The lowest BCUT2D eigenvalue weighted by Gasteiger charge is -2.07. The van der Waals surface area contributed by atoms with Crippen LogP contribution in [0.15, 0.2) is 17.5 Å². The predicted molar refractivity (Wildman–Crippen MR) is 64.2 cm³/mol. The van der Waals surface area contributed by atoms with Gasteiger partial charge in [-0.1, -0.05) is 19.9 Å². The zero-order valence-electron chi connectivity index (χ0n) is 9.45. The fourth-order valence-corrected chi connectivity index (χ4v) is 1.74. The number of carbonyl (C=O) groups excluding carboxylic acids is 2. The Morgan fingerprint density at radius 3 is 2.75 bits per heavy atom. The Kier molecular flexibility index (Phi) is 5.14. The smallest absolute Gasteiger partial charge is 0.285 e.